The molecule has 1 aliphatic rings. The zero-order valence-corrected chi connectivity index (χ0v) is 28.7. The van der Waals surface area contributed by atoms with Crippen LogP contribution in [-0.2, 0) is 23.4 Å². The smallest absolute Gasteiger partial charge is 0.459 e. The van der Waals surface area contributed by atoms with Crippen molar-refractivity contribution in [1.29, 1.82) is 0 Å². The fraction of sp³-hybridized carbons (Fsp3) is 0.500. The van der Waals surface area contributed by atoms with Gasteiger partial charge in [-0.3, -0.25) is 13.9 Å². The standard InChI is InChI=1S/C32H42FN6O7P/c1-19(29(41)43-17-31(3,4)5)37-47(42,46-23-15-11-13-21-12-9-10-14-22(21)23)44-16-24-26(40)32(6,33)30(45-24)39-18-34-25-27(38(7)8)35-20(2)36-28(25)39/h9-15,18-19,24,26,30,40H,16-17H2,1-8H3,(H,37,42)/t19-,24-,26-,30-,32-,47+/m1/s1. The summed E-state index contributed by atoms with van der Waals surface area (Å²) in [6, 6.07) is 11.4. The van der Waals surface area contributed by atoms with E-state index in [4.69, 9.17) is 18.5 Å². The van der Waals surface area contributed by atoms with E-state index in [1.165, 1.54) is 24.7 Å². The van der Waals surface area contributed by atoms with Gasteiger partial charge in [-0.2, -0.15) is 5.09 Å². The number of imidazole rings is 1. The third-order valence-corrected chi connectivity index (χ3v) is 9.27. The van der Waals surface area contributed by atoms with Crippen LogP contribution in [0.4, 0.5) is 10.2 Å². The molecule has 4 aromatic rings. The number of ether oxygens (including phenoxy) is 2. The Morgan fingerprint density at radius 1 is 1.21 bits per heavy atom. The number of anilines is 1. The second-order valence-electron chi connectivity index (χ2n) is 13.3. The van der Waals surface area contributed by atoms with E-state index in [9.17, 15) is 14.5 Å². The molecule has 0 spiro atoms. The Kier molecular flexibility index (Phi) is 9.64. The number of hydrogen-bond donors (Lipinski definition) is 2. The number of aliphatic hydroxyl groups is 1. The van der Waals surface area contributed by atoms with Crippen LogP contribution in [0.25, 0.3) is 21.9 Å². The van der Waals surface area contributed by atoms with Crippen LogP contribution in [0.5, 0.6) is 5.75 Å². The van der Waals surface area contributed by atoms with Crippen molar-refractivity contribution in [2.45, 2.75) is 71.7 Å². The predicted molar refractivity (Wildman–Crippen MR) is 175 cm³/mol. The monoisotopic (exact) mass is 672 g/mol. The molecule has 0 bridgehead atoms. The van der Waals surface area contributed by atoms with Crippen molar-refractivity contribution in [2.24, 2.45) is 5.41 Å². The molecule has 6 atom stereocenters. The number of carbonyl (C=O) groups excluding carboxylic acids is 1. The van der Waals surface area contributed by atoms with Crippen molar-refractivity contribution < 1.29 is 37.4 Å². The maximum Gasteiger partial charge on any atom is 0.459 e. The van der Waals surface area contributed by atoms with Crippen LogP contribution in [0.3, 0.4) is 0 Å². The van der Waals surface area contributed by atoms with Crippen molar-refractivity contribution in [3.8, 4) is 5.75 Å². The van der Waals surface area contributed by atoms with E-state index in [0.29, 0.717) is 28.2 Å². The molecule has 1 fully saturated rings. The maximum absolute atomic E-state index is 16.3. The summed E-state index contributed by atoms with van der Waals surface area (Å²) >= 11 is 0. The van der Waals surface area contributed by atoms with E-state index in [1.807, 2.05) is 39.0 Å². The fourth-order valence-corrected chi connectivity index (χ4v) is 6.73. The molecular weight excluding hydrogens is 630 g/mol. The Morgan fingerprint density at radius 3 is 2.62 bits per heavy atom. The second kappa shape index (κ2) is 13.1. The van der Waals surface area contributed by atoms with E-state index in [1.54, 1.807) is 50.2 Å². The van der Waals surface area contributed by atoms with Gasteiger partial charge in [-0.25, -0.2) is 23.9 Å². The second-order valence-corrected chi connectivity index (χ2v) is 15.0. The van der Waals surface area contributed by atoms with Crippen LogP contribution >= 0.6 is 7.75 Å². The van der Waals surface area contributed by atoms with Crippen LogP contribution in [-0.4, -0.2) is 81.8 Å². The first-order valence-electron chi connectivity index (χ1n) is 15.3. The molecule has 47 heavy (non-hydrogen) atoms. The maximum atomic E-state index is 16.3. The lowest BCUT2D eigenvalue weighted by molar-refractivity contribution is -0.148. The Morgan fingerprint density at radius 2 is 1.91 bits per heavy atom. The number of aromatic nitrogens is 4. The van der Waals surface area contributed by atoms with Crippen molar-refractivity contribution >= 4 is 41.5 Å². The summed E-state index contributed by atoms with van der Waals surface area (Å²) in [5.74, 6) is 0.541. The Hall–Kier alpha value is -3.68. The molecule has 2 N–H and O–H groups in total. The van der Waals surface area contributed by atoms with Gasteiger partial charge < -0.3 is 24.0 Å². The third-order valence-electron chi connectivity index (χ3n) is 7.64. The summed E-state index contributed by atoms with van der Waals surface area (Å²) in [4.78, 5) is 27.9. The van der Waals surface area contributed by atoms with E-state index >= 15 is 4.39 Å². The number of nitrogens with one attached hydrogen (secondary N) is 1. The van der Waals surface area contributed by atoms with Gasteiger partial charge in [0.15, 0.2) is 28.9 Å². The van der Waals surface area contributed by atoms with Gasteiger partial charge in [-0.15, -0.1) is 0 Å². The molecule has 0 aliphatic carbocycles. The minimum Gasteiger partial charge on any atom is -0.464 e. The number of fused-ring (bicyclic) bond motifs is 2. The molecule has 15 heteroatoms. The van der Waals surface area contributed by atoms with Crippen LogP contribution in [0.15, 0.2) is 48.8 Å². The lowest BCUT2D eigenvalue weighted by Gasteiger charge is -2.26. The SMILES string of the molecule is Cc1nc(N(C)C)c2ncn([C@@H]3O[C@H](CO[P@@](=O)(N[C@H](C)C(=O)OCC(C)(C)C)Oc4cccc5ccccc45)[C@@H](O)[C@@]3(C)F)c2n1. The zero-order valence-electron chi connectivity index (χ0n) is 27.8. The number of carbonyl (C=O) groups is 1. The van der Waals surface area contributed by atoms with E-state index in [0.717, 1.165) is 5.39 Å². The molecule has 0 radical (unpaired) electrons. The highest BCUT2D eigenvalue weighted by molar-refractivity contribution is 7.52. The largest absolute Gasteiger partial charge is 0.464 e. The Balaban J connectivity index is 1.41. The van der Waals surface area contributed by atoms with Crippen molar-refractivity contribution in [1.82, 2.24) is 24.6 Å². The number of alkyl halides is 1. The van der Waals surface area contributed by atoms with Gasteiger partial charge in [0.05, 0.1) is 19.5 Å². The summed E-state index contributed by atoms with van der Waals surface area (Å²) in [6.45, 7) is 9.70. The Labute approximate surface area is 273 Å². The average molecular weight is 673 g/mol. The number of esters is 1. The molecule has 1 saturated heterocycles. The average Bonchev–Trinajstić information content (AvgIpc) is 3.51. The van der Waals surface area contributed by atoms with Crippen molar-refractivity contribution in [2.75, 3.05) is 32.2 Å². The quantitative estimate of drug-likeness (QED) is 0.161. The highest BCUT2D eigenvalue weighted by Crippen LogP contribution is 2.49. The summed E-state index contributed by atoms with van der Waals surface area (Å²) in [6.07, 6.45) is -2.98. The molecule has 0 unspecified atom stereocenters. The normalized spacial score (nSPS) is 23.5. The minimum absolute atomic E-state index is 0.134. The number of aliphatic hydroxyl groups excluding tert-OH is 1. The Bertz CT molecular complexity index is 1800. The van der Waals surface area contributed by atoms with Gasteiger partial charge >= 0.3 is 13.7 Å². The molecule has 2 aromatic carbocycles. The number of nitrogens with zero attached hydrogens (tertiary/aromatic N) is 5. The van der Waals surface area contributed by atoms with Crippen LogP contribution in [0, 0.1) is 12.3 Å². The van der Waals surface area contributed by atoms with E-state index < -0.39 is 50.5 Å². The number of aryl methyl sites for hydroxylation is 1. The fourth-order valence-electron chi connectivity index (χ4n) is 5.21. The van der Waals surface area contributed by atoms with Crippen LogP contribution < -0.4 is 14.5 Å². The van der Waals surface area contributed by atoms with E-state index in [2.05, 4.69) is 20.0 Å². The molecule has 3 heterocycles. The highest BCUT2D eigenvalue weighted by Gasteiger charge is 2.56. The molecule has 0 amide bonds. The zero-order chi connectivity index (χ0) is 34.3. The number of rotatable bonds is 11. The highest BCUT2D eigenvalue weighted by atomic mass is 31.2. The molecule has 5 rings (SSSR count). The topological polar surface area (TPSA) is 150 Å². The molecule has 254 valence electrons. The van der Waals surface area contributed by atoms with Gasteiger partial charge in [-0.1, -0.05) is 57.2 Å². The van der Waals surface area contributed by atoms with Gasteiger partial charge in [0.2, 0.25) is 0 Å². The first-order chi connectivity index (χ1) is 22.0. The molecular formula is C32H42FN6O7P. The first-order valence-corrected chi connectivity index (χ1v) is 16.8. The number of halogens is 1. The number of hydrogen-bond acceptors (Lipinski definition) is 11. The van der Waals surface area contributed by atoms with E-state index in [-0.39, 0.29) is 17.8 Å². The summed E-state index contributed by atoms with van der Waals surface area (Å²) in [7, 11) is -0.781. The van der Waals surface area contributed by atoms with Crippen LogP contribution in [0.1, 0.15) is 46.7 Å². The molecule has 2 aromatic heterocycles. The lowest BCUT2D eigenvalue weighted by atomic mass is 9.98. The molecule has 1 aliphatic heterocycles. The summed E-state index contributed by atoms with van der Waals surface area (Å²) < 4.78 is 55.3. The van der Waals surface area contributed by atoms with Gasteiger partial charge in [0, 0.05) is 19.5 Å². The van der Waals surface area contributed by atoms with Gasteiger partial charge in [0.25, 0.3) is 0 Å². The van der Waals surface area contributed by atoms with Crippen LogP contribution in [0.2, 0.25) is 0 Å². The first kappa shape index (κ1) is 34.6. The molecule has 13 nitrogen and oxygen atoms in total. The van der Waals surface area contributed by atoms with Crippen molar-refractivity contribution in [3.63, 3.8) is 0 Å². The number of benzene rings is 2. The van der Waals surface area contributed by atoms with Crippen molar-refractivity contribution in [3.05, 3.63) is 54.6 Å². The minimum atomic E-state index is -4.39. The van der Waals surface area contributed by atoms with Gasteiger partial charge in [0.1, 0.15) is 29.8 Å². The predicted octanol–water partition coefficient (Wildman–Crippen LogP) is 5.11. The summed E-state index contributed by atoms with van der Waals surface area (Å²) in [5, 5.41) is 15.3. The summed E-state index contributed by atoms with van der Waals surface area (Å²) in [5.41, 5.74) is -1.88. The van der Waals surface area contributed by atoms with Gasteiger partial charge in [-0.05, 0) is 37.6 Å². The molecule has 0 saturated carbocycles. The third kappa shape index (κ3) is 7.42. The lowest BCUT2D eigenvalue weighted by Crippen LogP contribution is -2.41.